The van der Waals surface area contributed by atoms with E-state index in [2.05, 4.69) is 29.5 Å². The summed E-state index contributed by atoms with van der Waals surface area (Å²) in [5.74, 6) is 0.518. The Hall–Kier alpha value is -2.57. The van der Waals surface area contributed by atoms with E-state index in [0.717, 1.165) is 37.0 Å². The molecule has 146 valence electrons. The predicted molar refractivity (Wildman–Crippen MR) is 106 cm³/mol. The molecule has 1 aromatic heterocycles. The van der Waals surface area contributed by atoms with Crippen molar-refractivity contribution in [2.24, 2.45) is 5.92 Å². The van der Waals surface area contributed by atoms with E-state index >= 15 is 0 Å². The zero-order valence-corrected chi connectivity index (χ0v) is 16.2. The Balaban J connectivity index is 1.58. The van der Waals surface area contributed by atoms with Crippen molar-refractivity contribution in [1.29, 1.82) is 0 Å². The molecule has 1 aliphatic heterocycles. The van der Waals surface area contributed by atoms with Gasteiger partial charge in [0.05, 0.1) is 17.4 Å². The molecule has 0 atom stereocenters. The number of fused-ring (bicyclic) bond motifs is 1. The summed E-state index contributed by atoms with van der Waals surface area (Å²) in [6.45, 7) is 7.61. The van der Waals surface area contributed by atoms with Crippen LogP contribution in [0.2, 0.25) is 0 Å². The molecule has 1 fully saturated rings. The second-order valence-corrected chi connectivity index (χ2v) is 7.52. The second kappa shape index (κ2) is 8.88. The first-order valence-corrected chi connectivity index (χ1v) is 9.80. The van der Waals surface area contributed by atoms with Crippen molar-refractivity contribution in [3.8, 4) is 0 Å². The van der Waals surface area contributed by atoms with Gasteiger partial charge in [-0.1, -0.05) is 13.8 Å². The average Bonchev–Trinajstić information content (AvgIpc) is 3.09. The van der Waals surface area contributed by atoms with E-state index in [4.69, 9.17) is 0 Å². The molecule has 3 rings (SSSR count). The van der Waals surface area contributed by atoms with E-state index in [-0.39, 0.29) is 11.9 Å². The van der Waals surface area contributed by atoms with Gasteiger partial charge in [-0.05, 0) is 43.4 Å². The van der Waals surface area contributed by atoms with Gasteiger partial charge in [-0.25, -0.2) is 9.78 Å². The van der Waals surface area contributed by atoms with Crippen LogP contribution in [0.3, 0.4) is 0 Å². The molecule has 7 nitrogen and oxygen atoms in total. The van der Waals surface area contributed by atoms with Crippen molar-refractivity contribution in [2.45, 2.75) is 39.7 Å². The maximum absolute atomic E-state index is 12.6. The standard InChI is InChI=1S/C20H29N5O2/c1-15(2)13-22-20(27)21-8-11-25-14-23-17-12-16(6-7-18(17)25)19(26)24-9-4-3-5-10-24/h6-7,12,14-15H,3-5,8-11,13H2,1-2H3,(H2,21,22,27). The van der Waals surface area contributed by atoms with Crippen molar-refractivity contribution in [1.82, 2.24) is 25.1 Å². The minimum atomic E-state index is -0.150. The van der Waals surface area contributed by atoms with Gasteiger partial charge in [0, 0.05) is 38.3 Å². The quantitative estimate of drug-likeness (QED) is 0.819. The lowest BCUT2D eigenvalue weighted by Gasteiger charge is -2.26. The number of nitrogens with one attached hydrogen (secondary N) is 2. The minimum absolute atomic E-state index is 0.0923. The summed E-state index contributed by atoms with van der Waals surface area (Å²) in [4.78, 5) is 30.7. The maximum atomic E-state index is 12.6. The Kier molecular flexibility index (Phi) is 6.32. The molecular formula is C20H29N5O2. The largest absolute Gasteiger partial charge is 0.339 e. The first kappa shape index (κ1) is 19.2. The molecule has 1 aliphatic rings. The van der Waals surface area contributed by atoms with Gasteiger partial charge in [-0.15, -0.1) is 0 Å². The van der Waals surface area contributed by atoms with Crippen LogP contribution in [0.25, 0.3) is 11.0 Å². The summed E-state index contributed by atoms with van der Waals surface area (Å²) in [6.07, 6.45) is 5.13. The number of hydrogen-bond acceptors (Lipinski definition) is 3. The molecular weight excluding hydrogens is 342 g/mol. The normalized spacial score (nSPS) is 14.6. The number of urea groups is 1. The Morgan fingerprint density at radius 1 is 1.15 bits per heavy atom. The van der Waals surface area contributed by atoms with Crippen LogP contribution in [0.1, 0.15) is 43.5 Å². The van der Waals surface area contributed by atoms with Crippen LogP contribution in [-0.4, -0.2) is 52.6 Å². The van der Waals surface area contributed by atoms with Crippen molar-refractivity contribution < 1.29 is 9.59 Å². The molecule has 0 spiro atoms. The van der Waals surface area contributed by atoms with Crippen LogP contribution in [0, 0.1) is 5.92 Å². The number of hydrogen-bond donors (Lipinski definition) is 2. The van der Waals surface area contributed by atoms with Gasteiger partial charge in [0.2, 0.25) is 0 Å². The molecule has 0 saturated carbocycles. The number of carbonyl (C=O) groups is 2. The van der Waals surface area contributed by atoms with Gasteiger partial charge in [0.15, 0.2) is 0 Å². The minimum Gasteiger partial charge on any atom is -0.339 e. The number of imidazole rings is 1. The van der Waals surface area contributed by atoms with E-state index in [1.807, 2.05) is 27.7 Å². The SMILES string of the molecule is CC(C)CNC(=O)NCCn1cnc2cc(C(=O)N3CCCCC3)ccc21. The summed E-state index contributed by atoms with van der Waals surface area (Å²) in [5, 5.41) is 5.69. The highest BCUT2D eigenvalue weighted by molar-refractivity contribution is 5.97. The predicted octanol–water partition coefficient (Wildman–Crippen LogP) is 2.62. The number of amides is 3. The Bertz CT molecular complexity index is 793. The van der Waals surface area contributed by atoms with Crippen molar-refractivity contribution >= 4 is 23.0 Å². The number of aromatic nitrogens is 2. The van der Waals surface area contributed by atoms with E-state index in [0.29, 0.717) is 31.1 Å². The number of carbonyl (C=O) groups excluding carboxylic acids is 2. The van der Waals surface area contributed by atoms with Crippen LogP contribution < -0.4 is 10.6 Å². The van der Waals surface area contributed by atoms with E-state index < -0.39 is 0 Å². The van der Waals surface area contributed by atoms with Crippen LogP contribution in [0.5, 0.6) is 0 Å². The smallest absolute Gasteiger partial charge is 0.314 e. The van der Waals surface area contributed by atoms with E-state index in [9.17, 15) is 9.59 Å². The van der Waals surface area contributed by atoms with Crippen molar-refractivity contribution in [2.75, 3.05) is 26.2 Å². The zero-order chi connectivity index (χ0) is 19.2. The third-order valence-electron chi connectivity index (χ3n) is 4.82. The van der Waals surface area contributed by atoms with Gasteiger partial charge in [-0.3, -0.25) is 4.79 Å². The van der Waals surface area contributed by atoms with Gasteiger partial charge >= 0.3 is 6.03 Å². The van der Waals surface area contributed by atoms with E-state index in [1.54, 1.807) is 6.33 Å². The fourth-order valence-electron chi connectivity index (χ4n) is 3.30. The molecule has 2 N–H and O–H groups in total. The molecule has 1 aromatic carbocycles. The van der Waals surface area contributed by atoms with Crippen LogP contribution in [-0.2, 0) is 6.54 Å². The highest BCUT2D eigenvalue weighted by atomic mass is 16.2. The topological polar surface area (TPSA) is 79.3 Å². The molecule has 27 heavy (non-hydrogen) atoms. The molecule has 3 amide bonds. The molecule has 0 bridgehead atoms. The van der Waals surface area contributed by atoms with Gasteiger partial charge < -0.3 is 20.1 Å². The molecule has 0 unspecified atom stereocenters. The lowest BCUT2D eigenvalue weighted by Crippen LogP contribution is -2.38. The molecule has 1 saturated heterocycles. The van der Waals surface area contributed by atoms with Crippen LogP contribution in [0.4, 0.5) is 4.79 Å². The molecule has 0 radical (unpaired) electrons. The summed E-state index contributed by atoms with van der Waals surface area (Å²) in [5.41, 5.74) is 2.47. The Morgan fingerprint density at radius 2 is 1.93 bits per heavy atom. The number of benzene rings is 1. The zero-order valence-electron chi connectivity index (χ0n) is 16.2. The Morgan fingerprint density at radius 3 is 2.67 bits per heavy atom. The maximum Gasteiger partial charge on any atom is 0.314 e. The monoisotopic (exact) mass is 371 g/mol. The lowest BCUT2D eigenvalue weighted by atomic mass is 10.1. The van der Waals surface area contributed by atoms with Crippen LogP contribution >= 0.6 is 0 Å². The number of likely N-dealkylation sites (tertiary alicyclic amines) is 1. The highest BCUT2D eigenvalue weighted by Crippen LogP contribution is 2.18. The van der Waals surface area contributed by atoms with E-state index in [1.165, 1.54) is 6.42 Å². The van der Waals surface area contributed by atoms with Crippen LogP contribution in [0.15, 0.2) is 24.5 Å². The fraction of sp³-hybridized carbons (Fsp3) is 0.550. The summed E-state index contributed by atoms with van der Waals surface area (Å²) in [7, 11) is 0. The second-order valence-electron chi connectivity index (χ2n) is 7.52. The first-order chi connectivity index (χ1) is 13.0. The third-order valence-corrected chi connectivity index (χ3v) is 4.82. The molecule has 0 aliphatic carbocycles. The highest BCUT2D eigenvalue weighted by Gasteiger charge is 2.18. The lowest BCUT2D eigenvalue weighted by molar-refractivity contribution is 0.0724. The molecule has 7 heteroatoms. The van der Waals surface area contributed by atoms with Gasteiger partial charge in [0.1, 0.15) is 0 Å². The molecule has 2 aromatic rings. The summed E-state index contributed by atoms with van der Waals surface area (Å²) >= 11 is 0. The fourth-order valence-corrected chi connectivity index (χ4v) is 3.30. The number of piperidine rings is 1. The third kappa shape index (κ3) is 4.99. The molecule has 2 heterocycles. The summed E-state index contributed by atoms with van der Waals surface area (Å²) in [6, 6.07) is 5.53. The van der Waals surface area contributed by atoms with Gasteiger partial charge in [-0.2, -0.15) is 0 Å². The number of rotatable bonds is 6. The average molecular weight is 371 g/mol. The van der Waals surface area contributed by atoms with Crippen molar-refractivity contribution in [3.63, 3.8) is 0 Å². The Labute approximate surface area is 160 Å². The number of nitrogens with zero attached hydrogens (tertiary/aromatic N) is 3. The summed E-state index contributed by atoms with van der Waals surface area (Å²) < 4.78 is 1.99. The van der Waals surface area contributed by atoms with Gasteiger partial charge in [0.25, 0.3) is 5.91 Å². The van der Waals surface area contributed by atoms with Crippen molar-refractivity contribution in [3.05, 3.63) is 30.1 Å². The first-order valence-electron chi connectivity index (χ1n) is 9.80.